The maximum atomic E-state index is 13.6. The molecule has 0 fully saturated rings. The van der Waals surface area contributed by atoms with Crippen molar-refractivity contribution in [3.05, 3.63) is 64.4 Å². The van der Waals surface area contributed by atoms with Gasteiger partial charge in [0.15, 0.2) is 0 Å². The molecular formula is C15H10ClFN2O. The molecule has 0 aromatic heterocycles. The van der Waals surface area contributed by atoms with Crippen LogP contribution in [0.4, 0.5) is 10.1 Å². The molecule has 0 aliphatic heterocycles. The number of nitrogens with zero attached hydrogens (tertiary/aromatic N) is 1. The van der Waals surface area contributed by atoms with E-state index in [1.165, 1.54) is 12.1 Å². The van der Waals surface area contributed by atoms with Gasteiger partial charge in [-0.05, 0) is 35.9 Å². The van der Waals surface area contributed by atoms with Crippen molar-refractivity contribution in [3.8, 4) is 6.07 Å². The molecule has 1 amide bonds. The molecule has 0 radical (unpaired) electrons. The van der Waals surface area contributed by atoms with Crippen molar-refractivity contribution in [2.75, 3.05) is 5.32 Å². The highest BCUT2D eigenvalue weighted by atomic mass is 35.5. The molecule has 100 valence electrons. The van der Waals surface area contributed by atoms with Crippen LogP contribution in [-0.4, -0.2) is 5.91 Å². The number of rotatable bonds is 3. The van der Waals surface area contributed by atoms with Crippen LogP contribution in [0.3, 0.4) is 0 Å². The van der Waals surface area contributed by atoms with Crippen molar-refractivity contribution in [2.45, 2.75) is 6.42 Å². The molecule has 0 heterocycles. The highest BCUT2D eigenvalue weighted by molar-refractivity contribution is 6.30. The number of nitrogens with one attached hydrogen (secondary N) is 1. The van der Waals surface area contributed by atoms with E-state index >= 15 is 0 Å². The molecule has 1 N–H and O–H groups in total. The van der Waals surface area contributed by atoms with E-state index in [9.17, 15) is 9.18 Å². The van der Waals surface area contributed by atoms with Gasteiger partial charge in [0.1, 0.15) is 5.82 Å². The minimum atomic E-state index is -0.631. The lowest BCUT2D eigenvalue weighted by Crippen LogP contribution is -2.15. The second-order valence-corrected chi connectivity index (χ2v) is 4.59. The van der Waals surface area contributed by atoms with Gasteiger partial charge in [0.05, 0.1) is 23.7 Å². The maximum absolute atomic E-state index is 13.6. The van der Waals surface area contributed by atoms with E-state index in [2.05, 4.69) is 5.32 Å². The Hall–Kier alpha value is -2.38. The van der Waals surface area contributed by atoms with Crippen molar-refractivity contribution >= 4 is 23.2 Å². The van der Waals surface area contributed by atoms with Gasteiger partial charge in [-0.15, -0.1) is 0 Å². The first-order valence-electron chi connectivity index (χ1n) is 5.82. The molecule has 0 saturated heterocycles. The van der Waals surface area contributed by atoms with Gasteiger partial charge < -0.3 is 5.32 Å². The summed E-state index contributed by atoms with van der Waals surface area (Å²) >= 11 is 5.75. The van der Waals surface area contributed by atoms with E-state index in [4.69, 9.17) is 16.9 Å². The smallest absolute Gasteiger partial charge is 0.228 e. The monoisotopic (exact) mass is 288 g/mol. The summed E-state index contributed by atoms with van der Waals surface area (Å²) in [5.74, 6) is -0.968. The van der Waals surface area contributed by atoms with Crippen LogP contribution in [-0.2, 0) is 11.2 Å². The molecule has 2 aromatic rings. The standard InChI is InChI=1S/C15H10ClFN2O/c16-12-4-1-10(2-5-12)8-15(20)19-14-6-3-11(9-18)7-13(14)17/h1-7H,8H2,(H,19,20). The number of anilines is 1. The zero-order valence-electron chi connectivity index (χ0n) is 10.4. The molecule has 0 aliphatic carbocycles. The number of halogens is 2. The molecule has 0 unspecified atom stereocenters. The third-order valence-electron chi connectivity index (χ3n) is 2.65. The van der Waals surface area contributed by atoms with Crippen LogP contribution in [0, 0.1) is 17.1 Å². The molecule has 0 saturated carbocycles. The fraction of sp³-hybridized carbons (Fsp3) is 0.0667. The largest absolute Gasteiger partial charge is 0.323 e. The minimum Gasteiger partial charge on any atom is -0.323 e. The first kappa shape index (κ1) is 14.0. The van der Waals surface area contributed by atoms with E-state index in [0.717, 1.165) is 11.6 Å². The van der Waals surface area contributed by atoms with Crippen molar-refractivity contribution < 1.29 is 9.18 Å². The first-order chi connectivity index (χ1) is 9.58. The Morgan fingerprint density at radius 3 is 2.55 bits per heavy atom. The van der Waals surface area contributed by atoms with Crippen molar-refractivity contribution in [1.82, 2.24) is 0 Å². The topological polar surface area (TPSA) is 52.9 Å². The summed E-state index contributed by atoms with van der Waals surface area (Å²) in [6.45, 7) is 0. The van der Waals surface area contributed by atoms with Crippen LogP contribution in [0.5, 0.6) is 0 Å². The van der Waals surface area contributed by atoms with Crippen LogP contribution < -0.4 is 5.32 Å². The fourth-order valence-electron chi connectivity index (χ4n) is 1.67. The summed E-state index contributed by atoms with van der Waals surface area (Å²) in [4.78, 5) is 11.8. The Balaban J connectivity index is 2.05. The van der Waals surface area contributed by atoms with Gasteiger partial charge in [0.2, 0.25) is 5.91 Å². The Labute approximate surface area is 120 Å². The van der Waals surface area contributed by atoms with E-state index in [0.29, 0.717) is 5.02 Å². The van der Waals surface area contributed by atoms with Gasteiger partial charge in [0.25, 0.3) is 0 Å². The number of hydrogen-bond acceptors (Lipinski definition) is 2. The third-order valence-corrected chi connectivity index (χ3v) is 2.90. The molecule has 0 spiro atoms. The van der Waals surface area contributed by atoms with Crippen molar-refractivity contribution in [3.63, 3.8) is 0 Å². The van der Waals surface area contributed by atoms with Gasteiger partial charge >= 0.3 is 0 Å². The number of nitriles is 1. The Morgan fingerprint density at radius 2 is 1.95 bits per heavy atom. The average molecular weight is 289 g/mol. The Morgan fingerprint density at radius 1 is 1.25 bits per heavy atom. The van der Waals surface area contributed by atoms with Crippen LogP contribution in [0.2, 0.25) is 5.02 Å². The van der Waals surface area contributed by atoms with E-state index in [1.54, 1.807) is 24.3 Å². The minimum absolute atomic E-state index is 0.0583. The van der Waals surface area contributed by atoms with Crippen LogP contribution in [0.25, 0.3) is 0 Å². The van der Waals surface area contributed by atoms with Gasteiger partial charge in [-0.1, -0.05) is 23.7 Å². The van der Waals surface area contributed by atoms with Crippen LogP contribution in [0.1, 0.15) is 11.1 Å². The van der Waals surface area contributed by atoms with Gasteiger partial charge in [-0.2, -0.15) is 5.26 Å². The highest BCUT2D eigenvalue weighted by Gasteiger charge is 2.08. The van der Waals surface area contributed by atoms with E-state index in [-0.39, 0.29) is 23.6 Å². The quantitative estimate of drug-likeness (QED) is 0.939. The zero-order chi connectivity index (χ0) is 14.5. The number of benzene rings is 2. The summed E-state index contributed by atoms with van der Waals surface area (Å²) in [5, 5.41) is 11.7. The maximum Gasteiger partial charge on any atom is 0.228 e. The zero-order valence-corrected chi connectivity index (χ0v) is 11.1. The van der Waals surface area contributed by atoms with Gasteiger partial charge in [-0.25, -0.2) is 4.39 Å². The normalized spacial score (nSPS) is 9.85. The molecule has 0 aliphatic rings. The lowest BCUT2D eigenvalue weighted by atomic mass is 10.1. The predicted molar refractivity (Wildman–Crippen MR) is 74.9 cm³/mol. The van der Waals surface area contributed by atoms with E-state index in [1.807, 2.05) is 6.07 Å². The molecule has 20 heavy (non-hydrogen) atoms. The second kappa shape index (κ2) is 6.18. The number of hydrogen-bond donors (Lipinski definition) is 1. The number of amides is 1. The molecule has 2 aromatic carbocycles. The summed E-state index contributed by atoms with van der Waals surface area (Å²) in [7, 11) is 0. The highest BCUT2D eigenvalue weighted by Crippen LogP contribution is 2.16. The number of carbonyl (C=O) groups excluding carboxylic acids is 1. The summed E-state index contributed by atoms with van der Waals surface area (Å²) < 4.78 is 13.6. The van der Waals surface area contributed by atoms with Crippen molar-refractivity contribution in [2.24, 2.45) is 0 Å². The van der Waals surface area contributed by atoms with Gasteiger partial charge in [-0.3, -0.25) is 4.79 Å². The van der Waals surface area contributed by atoms with Crippen LogP contribution >= 0.6 is 11.6 Å². The lowest BCUT2D eigenvalue weighted by Gasteiger charge is -2.06. The third kappa shape index (κ3) is 3.56. The molecule has 5 heteroatoms. The molecule has 2 rings (SSSR count). The molecule has 0 atom stereocenters. The molecule has 3 nitrogen and oxygen atoms in total. The van der Waals surface area contributed by atoms with E-state index < -0.39 is 5.82 Å². The van der Waals surface area contributed by atoms with Crippen LogP contribution in [0.15, 0.2) is 42.5 Å². The summed E-state index contributed by atoms with van der Waals surface area (Å²) in [6.07, 6.45) is 0.122. The SMILES string of the molecule is N#Cc1ccc(NC(=O)Cc2ccc(Cl)cc2)c(F)c1. The Kier molecular flexibility index (Phi) is 4.34. The van der Waals surface area contributed by atoms with Crippen molar-refractivity contribution in [1.29, 1.82) is 5.26 Å². The number of carbonyl (C=O) groups is 1. The predicted octanol–water partition coefficient (Wildman–Crippen LogP) is 3.53. The lowest BCUT2D eigenvalue weighted by molar-refractivity contribution is -0.115. The first-order valence-corrected chi connectivity index (χ1v) is 6.20. The fourth-order valence-corrected chi connectivity index (χ4v) is 1.79. The summed E-state index contributed by atoms with van der Waals surface area (Å²) in [6, 6.07) is 12.6. The molecular weight excluding hydrogens is 279 g/mol. The second-order valence-electron chi connectivity index (χ2n) is 4.16. The Bertz CT molecular complexity index is 677. The average Bonchev–Trinajstić information content (AvgIpc) is 2.43. The van der Waals surface area contributed by atoms with Gasteiger partial charge in [0, 0.05) is 5.02 Å². The summed E-state index contributed by atoms with van der Waals surface area (Å²) in [5.41, 5.74) is 1.04. The molecule has 0 bridgehead atoms.